The maximum atomic E-state index is 14.6. The largest absolute Gasteiger partial charge is 0.352 e. The number of hydrogen-bond donors (Lipinski definition) is 1. The van der Waals surface area contributed by atoms with Crippen LogP contribution in [0.2, 0.25) is 5.02 Å². The second-order valence-corrected chi connectivity index (χ2v) is 13.5. The molecule has 4 aromatic rings. The van der Waals surface area contributed by atoms with Crippen molar-refractivity contribution in [3.63, 3.8) is 0 Å². The maximum absolute atomic E-state index is 14.6. The first-order valence-corrected chi connectivity index (χ1v) is 16.8. The van der Waals surface area contributed by atoms with Crippen molar-refractivity contribution in [2.45, 2.75) is 64.1 Å². The number of amides is 2. The Bertz CT molecular complexity index is 1700. The van der Waals surface area contributed by atoms with Crippen molar-refractivity contribution in [3.8, 4) is 0 Å². The Kier molecular flexibility index (Phi) is 11.4. The van der Waals surface area contributed by atoms with Gasteiger partial charge in [-0.3, -0.25) is 13.9 Å². The molecule has 0 aliphatic rings. The van der Waals surface area contributed by atoms with Crippen LogP contribution in [-0.4, -0.2) is 43.8 Å². The molecule has 0 heterocycles. The van der Waals surface area contributed by atoms with Gasteiger partial charge >= 0.3 is 0 Å². The lowest BCUT2D eigenvalue weighted by Crippen LogP contribution is -2.54. The van der Waals surface area contributed by atoms with Gasteiger partial charge in [-0.2, -0.15) is 0 Å². The lowest BCUT2D eigenvalue weighted by atomic mass is 10.0. The molecule has 0 saturated carbocycles. The SMILES string of the molecule is CC[C@H](C)NC(=O)[C@H](Cc1ccccc1)N(Cc1ccc(Cl)cc1)C(=O)CN(c1cccc(C)c1C)S(=O)(=O)c1ccccc1. The average molecular weight is 646 g/mol. The lowest BCUT2D eigenvalue weighted by Gasteiger charge is -2.34. The van der Waals surface area contributed by atoms with Crippen molar-refractivity contribution < 1.29 is 18.0 Å². The normalized spacial score (nSPS) is 12.6. The first kappa shape index (κ1) is 33.7. The van der Waals surface area contributed by atoms with Gasteiger partial charge < -0.3 is 10.2 Å². The molecular formula is C36H40ClN3O4S. The van der Waals surface area contributed by atoms with E-state index in [0.29, 0.717) is 17.1 Å². The number of nitrogens with zero attached hydrogens (tertiary/aromatic N) is 2. The highest BCUT2D eigenvalue weighted by Crippen LogP contribution is 2.29. The number of carbonyl (C=O) groups excluding carboxylic acids is 2. The molecule has 4 aromatic carbocycles. The summed E-state index contributed by atoms with van der Waals surface area (Å²) in [4.78, 5) is 30.1. The Morgan fingerprint density at radius 1 is 0.822 bits per heavy atom. The summed E-state index contributed by atoms with van der Waals surface area (Å²) in [5, 5.41) is 3.60. The van der Waals surface area contributed by atoms with Crippen LogP contribution in [0.25, 0.3) is 0 Å². The first-order chi connectivity index (χ1) is 21.5. The van der Waals surface area contributed by atoms with Crippen molar-refractivity contribution in [2.24, 2.45) is 0 Å². The zero-order valence-electron chi connectivity index (χ0n) is 26.1. The fourth-order valence-electron chi connectivity index (χ4n) is 5.02. The molecular weight excluding hydrogens is 606 g/mol. The second-order valence-electron chi connectivity index (χ2n) is 11.2. The van der Waals surface area contributed by atoms with Gasteiger partial charge in [-0.05, 0) is 79.8 Å². The summed E-state index contributed by atoms with van der Waals surface area (Å²) in [5.74, 6) is -0.815. The van der Waals surface area contributed by atoms with Crippen LogP contribution in [0.4, 0.5) is 5.69 Å². The molecule has 0 aromatic heterocycles. The zero-order chi connectivity index (χ0) is 32.6. The van der Waals surface area contributed by atoms with E-state index in [1.807, 2.05) is 64.1 Å². The van der Waals surface area contributed by atoms with Crippen molar-refractivity contribution in [3.05, 3.63) is 130 Å². The lowest BCUT2D eigenvalue weighted by molar-refractivity contribution is -0.140. The number of anilines is 1. The Morgan fingerprint density at radius 3 is 2.07 bits per heavy atom. The summed E-state index contributed by atoms with van der Waals surface area (Å²) in [6.07, 6.45) is 0.960. The molecule has 0 spiro atoms. The summed E-state index contributed by atoms with van der Waals surface area (Å²) in [5.41, 5.74) is 3.66. The third kappa shape index (κ3) is 8.53. The topological polar surface area (TPSA) is 86.8 Å². The number of halogens is 1. The Morgan fingerprint density at radius 2 is 1.44 bits per heavy atom. The van der Waals surface area contributed by atoms with Gasteiger partial charge in [-0.25, -0.2) is 8.42 Å². The number of nitrogens with one attached hydrogen (secondary N) is 1. The predicted molar refractivity (Wildman–Crippen MR) is 181 cm³/mol. The minimum Gasteiger partial charge on any atom is -0.352 e. The Hall–Kier alpha value is -4.14. The van der Waals surface area contributed by atoms with E-state index >= 15 is 0 Å². The summed E-state index contributed by atoms with van der Waals surface area (Å²) in [7, 11) is -4.16. The third-order valence-corrected chi connectivity index (χ3v) is 10.0. The van der Waals surface area contributed by atoms with Gasteiger partial charge in [0.2, 0.25) is 11.8 Å². The van der Waals surface area contributed by atoms with Gasteiger partial charge in [-0.15, -0.1) is 0 Å². The van der Waals surface area contributed by atoms with Gasteiger partial charge in [0.15, 0.2) is 0 Å². The van der Waals surface area contributed by atoms with E-state index in [4.69, 9.17) is 11.6 Å². The van der Waals surface area contributed by atoms with Gasteiger partial charge in [0.1, 0.15) is 12.6 Å². The molecule has 7 nitrogen and oxygen atoms in total. The molecule has 236 valence electrons. The van der Waals surface area contributed by atoms with Crippen LogP contribution in [0.15, 0.2) is 108 Å². The highest BCUT2D eigenvalue weighted by Gasteiger charge is 2.35. The molecule has 0 aliphatic heterocycles. The fraction of sp³-hybridized carbons (Fsp3) is 0.278. The van der Waals surface area contributed by atoms with Crippen LogP contribution in [0.1, 0.15) is 42.5 Å². The molecule has 0 unspecified atom stereocenters. The van der Waals surface area contributed by atoms with Crippen LogP contribution >= 0.6 is 11.6 Å². The zero-order valence-corrected chi connectivity index (χ0v) is 27.7. The molecule has 0 aliphatic carbocycles. The summed E-state index contributed by atoms with van der Waals surface area (Å²) < 4.78 is 29.5. The van der Waals surface area contributed by atoms with Crippen LogP contribution in [0.3, 0.4) is 0 Å². The number of carbonyl (C=O) groups is 2. The van der Waals surface area contributed by atoms with E-state index in [0.717, 1.165) is 26.6 Å². The monoisotopic (exact) mass is 645 g/mol. The minimum absolute atomic E-state index is 0.0679. The Labute approximate surface area is 271 Å². The summed E-state index contributed by atoms with van der Waals surface area (Å²) in [6, 6.07) is 29.0. The molecule has 45 heavy (non-hydrogen) atoms. The summed E-state index contributed by atoms with van der Waals surface area (Å²) >= 11 is 6.16. The fourth-order valence-corrected chi connectivity index (χ4v) is 6.64. The highest BCUT2D eigenvalue weighted by atomic mass is 35.5. The van der Waals surface area contributed by atoms with E-state index in [1.54, 1.807) is 54.6 Å². The van der Waals surface area contributed by atoms with Crippen LogP contribution in [-0.2, 0) is 32.6 Å². The molecule has 1 N–H and O–H groups in total. The number of benzene rings is 4. The molecule has 0 radical (unpaired) electrons. The number of sulfonamides is 1. The molecule has 4 rings (SSSR count). The molecule has 0 saturated heterocycles. The highest BCUT2D eigenvalue weighted by molar-refractivity contribution is 7.92. The molecule has 0 bridgehead atoms. The van der Waals surface area contributed by atoms with E-state index in [-0.39, 0.29) is 29.8 Å². The van der Waals surface area contributed by atoms with Crippen molar-refractivity contribution in [1.82, 2.24) is 10.2 Å². The maximum Gasteiger partial charge on any atom is 0.264 e. The predicted octanol–water partition coefficient (Wildman–Crippen LogP) is 6.71. The standard InChI is InChI=1S/C36H40ClN3O4S/c1-5-27(3)38-36(42)34(23-29-14-8-6-9-15-29)39(24-30-19-21-31(37)22-20-30)35(41)25-40(33-18-12-13-26(2)28(33)4)45(43,44)32-16-10-7-11-17-32/h6-22,27,34H,5,23-25H2,1-4H3,(H,38,42)/t27-,34-/m0/s1. The minimum atomic E-state index is -4.16. The first-order valence-electron chi connectivity index (χ1n) is 15.0. The molecule has 0 fully saturated rings. The van der Waals surface area contributed by atoms with Gasteiger partial charge in [0.05, 0.1) is 10.6 Å². The van der Waals surface area contributed by atoms with E-state index in [1.165, 1.54) is 17.0 Å². The van der Waals surface area contributed by atoms with Gasteiger partial charge in [-0.1, -0.05) is 91.3 Å². The molecule has 2 atom stereocenters. The smallest absolute Gasteiger partial charge is 0.264 e. The van der Waals surface area contributed by atoms with Crippen LogP contribution in [0.5, 0.6) is 0 Å². The Balaban J connectivity index is 1.83. The van der Waals surface area contributed by atoms with Crippen LogP contribution < -0.4 is 9.62 Å². The van der Waals surface area contributed by atoms with Crippen molar-refractivity contribution in [1.29, 1.82) is 0 Å². The summed E-state index contributed by atoms with van der Waals surface area (Å²) in [6.45, 7) is 7.20. The van der Waals surface area contributed by atoms with E-state index in [2.05, 4.69) is 5.32 Å². The van der Waals surface area contributed by atoms with E-state index < -0.39 is 28.5 Å². The average Bonchev–Trinajstić information content (AvgIpc) is 3.04. The molecule has 9 heteroatoms. The quantitative estimate of drug-likeness (QED) is 0.175. The van der Waals surface area contributed by atoms with Crippen molar-refractivity contribution >= 4 is 39.1 Å². The van der Waals surface area contributed by atoms with Gasteiger partial charge in [0.25, 0.3) is 10.0 Å². The second kappa shape index (κ2) is 15.2. The van der Waals surface area contributed by atoms with Crippen LogP contribution in [0, 0.1) is 13.8 Å². The van der Waals surface area contributed by atoms with E-state index in [9.17, 15) is 18.0 Å². The number of aryl methyl sites for hydroxylation is 1. The molecule has 2 amide bonds. The number of rotatable bonds is 13. The van der Waals surface area contributed by atoms with Crippen molar-refractivity contribution in [2.75, 3.05) is 10.8 Å². The number of hydrogen-bond acceptors (Lipinski definition) is 4. The van der Waals surface area contributed by atoms with Gasteiger partial charge in [0, 0.05) is 24.0 Å². The third-order valence-electron chi connectivity index (χ3n) is 7.99.